The summed E-state index contributed by atoms with van der Waals surface area (Å²) in [4.78, 5) is 16.3. The van der Waals surface area contributed by atoms with Crippen LogP contribution >= 0.6 is 0 Å². The van der Waals surface area contributed by atoms with E-state index in [9.17, 15) is 4.79 Å². The van der Waals surface area contributed by atoms with E-state index in [4.69, 9.17) is 16.4 Å². The largest absolute Gasteiger partial charge is 0.481 e. The first-order chi connectivity index (χ1) is 10.3. The zero-order valence-electron chi connectivity index (χ0n) is 13.9. The van der Waals surface area contributed by atoms with Crippen molar-refractivity contribution in [1.29, 1.82) is 0 Å². The normalized spacial score (nSPS) is 32.8. The third-order valence-corrected chi connectivity index (χ3v) is 5.86. The Hall–Kier alpha value is -1.83. The quantitative estimate of drug-likeness (QED) is 0.749. The summed E-state index contributed by atoms with van der Waals surface area (Å²) in [6, 6.07) is -0.560. The standard InChI is InChI=1S/C17H23N3O2/c1-16(2)12-8-7-10-13(19-20(5)15(10)22-6)17(12,3)9-11(18-4)14(16)21/h11-12H,7-9H2,1-3,5-6H3/t11?,12-,17-/m0/s1. The van der Waals surface area contributed by atoms with Crippen LogP contribution < -0.4 is 4.74 Å². The van der Waals surface area contributed by atoms with Crippen molar-refractivity contribution in [2.45, 2.75) is 51.5 Å². The van der Waals surface area contributed by atoms with E-state index in [1.165, 1.54) is 0 Å². The van der Waals surface area contributed by atoms with Gasteiger partial charge in [-0.25, -0.2) is 11.3 Å². The van der Waals surface area contributed by atoms with Crippen molar-refractivity contribution in [2.24, 2.45) is 18.4 Å². The van der Waals surface area contributed by atoms with Crippen molar-refractivity contribution in [3.63, 3.8) is 0 Å². The lowest BCUT2D eigenvalue weighted by Gasteiger charge is -2.51. The van der Waals surface area contributed by atoms with Crippen LogP contribution in [0.2, 0.25) is 0 Å². The van der Waals surface area contributed by atoms with E-state index >= 15 is 0 Å². The van der Waals surface area contributed by atoms with Gasteiger partial charge in [0, 0.05) is 29.9 Å². The van der Waals surface area contributed by atoms with Gasteiger partial charge in [-0.1, -0.05) is 20.8 Å². The van der Waals surface area contributed by atoms with E-state index in [2.05, 4.69) is 11.8 Å². The first-order valence-corrected chi connectivity index (χ1v) is 7.78. The molecule has 1 aromatic rings. The summed E-state index contributed by atoms with van der Waals surface area (Å²) in [6.45, 7) is 13.6. The number of carbonyl (C=O) groups excluding carboxylic acids is 1. The molecular weight excluding hydrogens is 278 g/mol. The van der Waals surface area contributed by atoms with Gasteiger partial charge in [-0.05, 0) is 18.8 Å². The molecule has 3 atom stereocenters. The van der Waals surface area contributed by atoms with Gasteiger partial charge in [-0.2, -0.15) is 5.10 Å². The Balaban J connectivity index is 2.18. The van der Waals surface area contributed by atoms with Crippen LogP contribution in [0.3, 0.4) is 0 Å². The topological polar surface area (TPSA) is 48.5 Å². The molecule has 0 bridgehead atoms. The molecular formula is C17H23N3O2. The summed E-state index contributed by atoms with van der Waals surface area (Å²) in [5.41, 5.74) is 1.45. The molecule has 0 aromatic carbocycles. The molecule has 1 heterocycles. The van der Waals surface area contributed by atoms with Gasteiger partial charge < -0.3 is 9.58 Å². The second-order valence-electron chi connectivity index (χ2n) is 7.40. The molecule has 5 heteroatoms. The van der Waals surface area contributed by atoms with E-state index in [0.717, 1.165) is 30.0 Å². The third kappa shape index (κ3) is 1.70. The molecule has 1 fully saturated rings. The lowest BCUT2D eigenvalue weighted by molar-refractivity contribution is -0.137. The SMILES string of the molecule is [C-]#[N+]C1C[C@]2(C)c3nn(C)c(OC)c3CC[C@H]2C(C)(C)C1=O. The monoisotopic (exact) mass is 301 g/mol. The summed E-state index contributed by atoms with van der Waals surface area (Å²) in [5, 5.41) is 4.71. The fourth-order valence-corrected chi connectivity index (χ4v) is 4.86. The number of hydrogen-bond donors (Lipinski definition) is 0. The third-order valence-electron chi connectivity index (χ3n) is 5.86. The summed E-state index contributed by atoms with van der Waals surface area (Å²) in [6.07, 6.45) is 2.39. The molecule has 118 valence electrons. The molecule has 2 aliphatic rings. The van der Waals surface area contributed by atoms with Crippen molar-refractivity contribution in [3.8, 4) is 5.88 Å². The van der Waals surface area contributed by atoms with Crippen molar-refractivity contribution in [1.82, 2.24) is 9.78 Å². The molecule has 0 spiro atoms. The minimum atomic E-state index is -0.560. The zero-order valence-corrected chi connectivity index (χ0v) is 13.9. The summed E-state index contributed by atoms with van der Waals surface area (Å²) in [5.74, 6) is 1.12. The van der Waals surface area contributed by atoms with Gasteiger partial charge in [0.25, 0.3) is 6.04 Å². The number of methoxy groups -OCH3 is 1. The fraction of sp³-hybridized carbons (Fsp3) is 0.706. The van der Waals surface area contributed by atoms with E-state index in [1.54, 1.807) is 11.8 Å². The smallest absolute Gasteiger partial charge is 0.282 e. The summed E-state index contributed by atoms with van der Waals surface area (Å²) in [7, 11) is 3.56. The maximum Gasteiger partial charge on any atom is 0.282 e. The highest BCUT2D eigenvalue weighted by atomic mass is 16.5. The van der Waals surface area contributed by atoms with Gasteiger partial charge in [-0.3, -0.25) is 4.79 Å². The Morgan fingerprint density at radius 1 is 1.41 bits per heavy atom. The number of hydrogen-bond acceptors (Lipinski definition) is 3. The molecule has 22 heavy (non-hydrogen) atoms. The Labute approximate surface area is 131 Å². The highest BCUT2D eigenvalue weighted by Crippen LogP contribution is 2.56. The van der Waals surface area contributed by atoms with E-state index in [0.29, 0.717) is 6.42 Å². The van der Waals surface area contributed by atoms with Crippen LogP contribution in [-0.2, 0) is 23.7 Å². The van der Waals surface area contributed by atoms with Crippen molar-refractivity contribution in [2.75, 3.05) is 7.11 Å². The molecule has 0 aliphatic heterocycles. The van der Waals surface area contributed by atoms with E-state index in [-0.39, 0.29) is 17.1 Å². The number of aromatic nitrogens is 2. The predicted molar refractivity (Wildman–Crippen MR) is 82.7 cm³/mol. The average Bonchev–Trinajstić information content (AvgIpc) is 2.80. The molecule has 0 saturated heterocycles. The number of rotatable bonds is 1. The number of ether oxygens (including phenoxy) is 1. The van der Waals surface area contributed by atoms with Gasteiger partial charge >= 0.3 is 0 Å². The number of carbonyl (C=O) groups is 1. The number of Topliss-reactive ketones (excluding diaryl/α,β-unsaturated/α-hetero) is 1. The Morgan fingerprint density at radius 2 is 2.09 bits per heavy atom. The second-order valence-corrected chi connectivity index (χ2v) is 7.40. The van der Waals surface area contributed by atoms with Gasteiger partial charge in [0.15, 0.2) is 0 Å². The van der Waals surface area contributed by atoms with Crippen LogP contribution in [0.25, 0.3) is 4.85 Å². The molecule has 1 aromatic heterocycles. The highest BCUT2D eigenvalue weighted by Gasteiger charge is 2.61. The van der Waals surface area contributed by atoms with Crippen LogP contribution in [0.4, 0.5) is 0 Å². The number of ketones is 1. The molecule has 2 aliphatic carbocycles. The molecule has 1 unspecified atom stereocenters. The van der Waals surface area contributed by atoms with E-state index in [1.807, 2.05) is 20.9 Å². The first-order valence-electron chi connectivity index (χ1n) is 7.78. The van der Waals surface area contributed by atoms with Crippen LogP contribution in [0, 0.1) is 17.9 Å². The highest BCUT2D eigenvalue weighted by molar-refractivity contribution is 5.92. The fourth-order valence-electron chi connectivity index (χ4n) is 4.86. The number of nitrogens with zero attached hydrogens (tertiary/aromatic N) is 3. The van der Waals surface area contributed by atoms with Crippen molar-refractivity contribution in [3.05, 3.63) is 22.7 Å². The van der Waals surface area contributed by atoms with Gasteiger partial charge in [0.2, 0.25) is 11.7 Å². The van der Waals surface area contributed by atoms with Gasteiger partial charge in [0.05, 0.1) is 12.8 Å². The number of fused-ring (bicyclic) bond motifs is 3. The Morgan fingerprint density at radius 3 is 2.68 bits per heavy atom. The molecule has 0 radical (unpaired) electrons. The molecule has 5 nitrogen and oxygen atoms in total. The molecule has 0 N–H and O–H groups in total. The minimum Gasteiger partial charge on any atom is -0.481 e. The molecule has 0 amide bonds. The first kappa shape index (κ1) is 15.1. The van der Waals surface area contributed by atoms with E-state index < -0.39 is 11.5 Å². The second kappa shape index (κ2) is 4.58. The predicted octanol–water partition coefficient (Wildman–Crippen LogP) is 2.54. The van der Waals surface area contributed by atoms with Crippen LogP contribution in [0.1, 0.15) is 44.9 Å². The molecule has 3 rings (SSSR count). The van der Waals surface area contributed by atoms with Gasteiger partial charge in [-0.15, -0.1) is 0 Å². The number of aryl methyl sites for hydroxylation is 1. The van der Waals surface area contributed by atoms with Gasteiger partial charge in [0.1, 0.15) is 0 Å². The van der Waals surface area contributed by atoms with Crippen molar-refractivity contribution >= 4 is 5.78 Å². The summed E-state index contributed by atoms with van der Waals surface area (Å²) < 4.78 is 7.29. The van der Waals surface area contributed by atoms with Crippen molar-refractivity contribution < 1.29 is 9.53 Å². The maximum atomic E-state index is 12.7. The minimum absolute atomic E-state index is 0.0938. The Bertz CT molecular complexity index is 683. The maximum absolute atomic E-state index is 12.7. The lowest BCUT2D eigenvalue weighted by Crippen LogP contribution is -2.56. The lowest BCUT2D eigenvalue weighted by atomic mass is 9.50. The average molecular weight is 301 g/mol. The summed E-state index contributed by atoms with van der Waals surface area (Å²) >= 11 is 0. The van der Waals surface area contributed by atoms with Crippen LogP contribution in [0.5, 0.6) is 5.88 Å². The van der Waals surface area contributed by atoms with Crippen LogP contribution in [-0.4, -0.2) is 28.7 Å². The zero-order chi connectivity index (χ0) is 16.3. The molecule has 1 saturated carbocycles. The Kier molecular flexibility index (Phi) is 3.14. The van der Waals surface area contributed by atoms with Crippen LogP contribution in [0.15, 0.2) is 0 Å².